The summed E-state index contributed by atoms with van der Waals surface area (Å²) in [7, 11) is 0. The molecule has 0 unspecified atom stereocenters. The average Bonchev–Trinajstić information content (AvgIpc) is 2.93. The number of hydrogen-bond acceptors (Lipinski definition) is 3. The van der Waals surface area contributed by atoms with Gasteiger partial charge in [-0.15, -0.1) is 12.4 Å². The molecule has 0 amide bonds. The fraction of sp³-hybridized carbons (Fsp3) is 0.333. The van der Waals surface area contributed by atoms with Crippen molar-refractivity contribution in [3.63, 3.8) is 0 Å². The van der Waals surface area contributed by atoms with E-state index >= 15 is 0 Å². The third-order valence-corrected chi connectivity index (χ3v) is 2.71. The molecule has 0 bridgehead atoms. The quantitative estimate of drug-likeness (QED) is 0.753. The lowest BCUT2D eigenvalue weighted by molar-refractivity contribution is 0.305. The Morgan fingerprint density at radius 2 is 1.90 bits per heavy atom. The molecule has 0 aliphatic heterocycles. The van der Waals surface area contributed by atoms with E-state index in [0.717, 1.165) is 31.7 Å². The van der Waals surface area contributed by atoms with Crippen LogP contribution in [0.25, 0.3) is 0 Å². The lowest BCUT2D eigenvalue weighted by Crippen LogP contribution is -2.15. The molecular formula is C15H19ClFNO2. The molecule has 0 spiro atoms. The van der Waals surface area contributed by atoms with Crippen LogP contribution in [0.3, 0.4) is 0 Å². The van der Waals surface area contributed by atoms with Gasteiger partial charge in [-0.2, -0.15) is 0 Å². The van der Waals surface area contributed by atoms with Crippen molar-refractivity contribution >= 4 is 12.4 Å². The molecule has 1 aromatic heterocycles. The van der Waals surface area contributed by atoms with E-state index in [-0.39, 0.29) is 18.2 Å². The van der Waals surface area contributed by atoms with Crippen LogP contribution < -0.4 is 10.1 Å². The summed E-state index contributed by atoms with van der Waals surface area (Å²) >= 11 is 0. The van der Waals surface area contributed by atoms with Crippen molar-refractivity contribution in [1.82, 2.24) is 5.32 Å². The zero-order valence-electron chi connectivity index (χ0n) is 11.2. The molecule has 0 aliphatic rings. The van der Waals surface area contributed by atoms with Crippen molar-refractivity contribution in [2.24, 2.45) is 0 Å². The first-order valence-corrected chi connectivity index (χ1v) is 6.46. The van der Waals surface area contributed by atoms with Crippen LogP contribution in [0.1, 0.15) is 18.6 Å². The Balaban J connectivity index is 0.00000200. The highest BCUT2D eigenvalue weighted by molar-refractivity contribution is 5.85. The molecule has 20 heavy (non-hydrogen) atoms. The summed E-state index contributed by atoms with van der Waals surface area (Å²) in [6.07, 6.45) is 3.66. The summed E-state index contributed by atoms with van der Waals surface area (Å²) in [5.41, 5.74) is 0. The van der Waals surface area contributed by atoms with Gasteiger partial charge in [-0.05, 0) is 55.8 Å². The van der Waals surface area contributed by atoms with Crippen LogP contribution in [0.4, 0.5) is 4.39 Å². The van der Waals surface area contributed by atoms with Crippen LogP contribution >= 0.6 is 12.4 Å². The van der Waals surface area contributed by atoms with Crippen molar-refractivity contribution in [1.29, 1.82) is 0 Å². The SMILES string of the molecule is Cl.Fc1ccc(OCCCCNCc2ccco2)cc1. The Kier molecular flexibility index (Phi) is 7.77. The number of hydrogen-bond donors (Lipinski definition) is 1. The maximum absolute atomic E-state index is 12.7. The van der Waals surface area contributed by atoms with Crippen molar-refractivity contribution in [3.05, 3.63) is 54.2 Å². The highest BCUT2D eigenvalue weighted by Gasteiger charge is 1.96. The zero-order chi connectivity index (χ0) is 13.3. The standard InChI is InChI=1S/C15H18FNO2.ClH/c16-13-5-7-14(8-6-13)18-10-2-1-9-17-12-15-4-3-11-19-15;/h3-8,11,17H,1-2,9-10,12H2;1H. The Morgan fingerprint density at radius 3 is 2.60 bits per heavy atom. The van der Waals surface area contributed by atoms with Gasteiger partial charge in [-0.25, -0.2) is 4.39 Å². The molecule has 0 fully saturated rings. The second-order valence-corrected chi connectivity index (χ2v) is 4.27. The first-order valence-electron chi connectivity index (χ1n) is 6.46. The van der Waals surface area contributed by atoms with E-state index in [2.05, 4.69) is 5.32 Å². The second kappa shape index (κ2) is 9.39. The number of rotatable bonds is 8. The van der Waals surface area contributed by atoms with Gasteiger partial charge < -0.3 is 14.5 Å². The molecule has 0 saturated carbocycles. The van der Waals surface area contributed by atoms with Crippen LogP contribution in [0.5, 0.6) is 5.75 Å². The monoisotopic (exact) mass is 299 g/mol. The normalized spacial score (nSPS) is 10.1. The summed E-state index contributed by atoms with van der Waals surface area (Å²) in [6.45, 7) is 2.33. The van der Waals surface area contributed by atoms with Crippen molar-refractivity contribution in [3.8, 4) is 5.75 Å². The molecule has 1 heterocycles. The fourth-order valence-electron chi connectivity index (χ4n) is 1.70. The Morgan fingerprint density at radius 1 is 1.10 bits per heavy atom. The molecule has 2 rings (SSSR count). The van der Waals surface area contributed by atoms with Crippen LogP contribution in [-0.4, -0.2) is 13.2 Å². The van der Waals surface area contributed by atoms with Gasteiger partial charge in [0.1, 0.15) is 17.3 Å². The van der Waals surface area contributed by atoms with Crippen LogP contribution in [0.2, 0.25) is 0 Å². The van der Waals surface area contributed by atoms with Crippen molar-refractivity contribution < 1.29 is 13.5 Å². The molecule has 0 radical (unpaired) electrons. The van der Waals surface area contributed by atoms with E-state index in [9.17, 15) is 4.39 Å². The summed E-state index contributed by atoms with van der Waals surface area (Å²) in [5.74, 6) is 1.42. The lowest BCUT2D eigenvalue weighted by Gasteiger charge is -2.06. The number of ether oxygens (including phenoxy) is 1. The summed E-state index contributed by atoms with van der Waals surface area (Å²) in [4.78, 5) is 0. The predicted molar refractivity (Wildman–Crippen MR) is 78.8 cm³/mol. The van der Waals surface area contributed by atoms with E-state index in [0.29, 0.717) is 12.4 Å². The third-order valence-electron chi connectivity index (χ3n) is 2.71. The molecule has 110 valence electrons. The fourth-order valence-corrected chi connectivity index (χ4v) is 1.70. The van der Waals surface area contributed by atoms with Gasteiger partial charge >= 0.3 is 0 Å². The molecule has 3 nitrogen and oxygen atoms in total. The van der Waals surface area contributed by atoms with Crippen LogP contribution in [0.15, 0.2) is 47.1 Å². The number of benzene rings is 1. The van der Waals surface area contributed by atoms with Gasteiger partial charge in [0, 0.05) is 0 Å². The molecule has 1 aromatic carbocycles. The first-order chi connectivity index (χ1) is 9.34. The van der Waals surface area contributed by atoms with E-state index in [1.54, 1.807) is 18.4 Å². The molecule has 5 heteroatoms. The zero-order valence-corrected chi connectivity index (χ0v) is 12.0. The van der Waals surface area contributed by atoms with Gasteiger partial charge in [0.2, 0.25) is 0 Å². The third kappa shape index (κ3) is 6.08. The minimum atomic E-state index is -0.241. The molecule has 0 saturated heterocycles. The van der Waals surface area contributed by atoms with Gasteiger partial charge in [-0.1, -0.05) is 0 Å². The molecule has 0 atom stereocenters. The highest BCUT2D eigenvalue weighted by atomic mass is 35.5. The van der Waals surface area contributed by atoms with Gasteiger partial charge in [0.05, 0.1) is 19.4 Å². The Labute approximate surface area is 124 Å². The van der Waals surface area contributed by atoms with Crippen LogP contribution in [0, 0.1) is 5.82 Å². The maximum Gasteiger partial charge on any atom is 0.123 e. The van der Waals surface area contributed by atoms with E-state index < -0.39 is 0 Å². The van der Waals surface area contributed by atoms with E-state index in [1.807, 2.05) is 12.1 Å². The lowest BCUT2D eigenvalue weighted by atomic mass is 10.3. The largest absolute Gasteiger partial charge is 0.494 e. The maximum atomic E-state index is 12.7. The minimum absolute atomic E-state index is 0. The van der Waals surface area contributed by atoms with Crippen LogP contribution in [-0.2, 0) is 6.54 Å². The Hall–Kier alpha value is -1.52. The van der Waals surface area contributed by atoms with Gasteiger partial charge in [0.25, 0.3) is 0 Å². The van der Waals surface area contributed by atoms with Crippen molar-refractivity contribution in [2.75, 3.05) is 13.2 Å². The highest BCUT2D eigenvalue weighted by Crippen LogP contribution is 2.11. The van der Waals surface area contributed by atoms with Gasteiger partial charge in [0.15, 0.2) is 0 Å². The number of nitrogens with one attached hydrogen (secondary N) is 1. The number of unbranched alkanes of at least 4 members (excludes halogenated alkanes) is 1. The summed E-state index contributed by atoms with van der Waals surface area (Å²) < 4.78 is 23.4. The average molecular weight is 300 g/mol. The summed E-state index contributed by atoms with van der Waals surface area (Å²) in [6, 6.07) is 9.92. The molecular weight excluding hydrogens is 281 g/mol. The summed E-state index contributed by atoms with van der Waals surface area (Å²) in [5, 5.41) is 3.30. The van der Waals surface area contributed by atoms with E-state index in [1.165, 1.54) is 12.1 Å². The van der Waals surface area contributed by atoms with Crippen molar-refractivity contribution in [2.45, 2.75) is 19.4 Å². The topological polar surface area (TPSA) is 34.4 Å². The first kappa shape index (κ1) is 16.5. The Bertz CT molecular complexity index is 459. The number of furan rings is 1. The molecule has 2 aromatic rings. The molecule has 0 aliphatic carbocycles. The minimum Gasteiger partial charge on any atom is -0.494 e. The predicted octanol–water partition coefficient (Wildman–Crippen LogP) is 3.79. The molecule has 1 N–H and O–H groups in total. The smallest absolute Gasteiger partial charge is 0.123 e. The second-order valence-electron chi connectivity index (χ2n) is 4.27. The number of halogens is 2. The van der Waals surface area contributed by atoms with Gasteiger partial charge in [-0.3, -0.25) is 0 Å². The van der Waals surface area contributed by atoms with E-state index in [4.69, 9.17) is 9.15 Å².